The zero-order chi connectivity index (χ0) is 13.1. The highest BCUT2D eigenvalue weighted by Gasteiger charge is 2.31. The van der Waals surface area contributed by atoms with Gasteiger partial charge in [-0.25, -0.2) is 4.79 Å². The maximum atomic E-state index is 11.6. The Bertz CT molecular complexity index is 348. The molecule has 0 bridgehead atoms. The number of hydrogen-bond donors (Lipinski definition) is 0. The van der Waals surface area contributed by atoms with Gasteiger partial charge in [-0.3, -0.25) is 0 Å². The minimum absolute atomic E-state index is 0.193. The van der Waals surface area contributed by atoms with Gasteiger partial charge in [-0.05, 0) is 39.0 Å². The lowest BCUT2D eigenvalue weighted by atomic mass is 9.68. The molecule has 0 aromatic carbocycles. The number of rotatable bonds is 3. The summed E-state index contributed by atoms with van der Waals surface area (Å²) in [7, 11) is 0. The van der Waals surface area contributed by atoms with Crippen molar-refractivity contribution in [1.29, 1.82) is 0 Å². The zero-order valence-electron chi connectivity index (χ0n) is 11.7. The molecule has 96 valence electrons. The van der Waals surface area contributed by atoms with E-state index in [4.69, 9.17) is 4.74 Å². The summed E-state index contributed by atoms with van der Waals surface area (Å²) >= 11 is 0. The van der Waals surface area contributed by atoms with E-state index in [0.717, 1.165) is 12.0 Å². The Labute approximate surface area is 105 Å². The summed E-state index contributed by atoms with van der Waals surface area (Å²) in [5.74, 6) is 0.155. The highest BCUT2D eigenvalue weighted by atomic mass is 16.5. The first kappa shape index (κ1) is 14.0. The Morgan fingerprint density at radius 2 is 2.24 bits per heavy atom. The van der Waals surface area contributed by atoms with Crippen molar-refractivity contribution < 1.29 is 9.53 Å². The standard InChI is InChI=1S/C15H24O2/c1-6-17-14(16)12(3)10-13-11(2)8-7-9-15(13,4)5/h8,10,13H,6-7,9H2,1-5H3/b12-10+/t13-/m0/s1. The molecule has 2 heteroatoms. The van der Waals surface area contributed by atoms with E-state index >= 15 is 0 Å². The van der Waals surface area contributed by atoms with E-state index < -0.39 is 0 Å². The number of esters is 1. The first-order valence-corrected chi connectivity index (χ1v) is 6.40. The Balaban J connectivity index is 2.90. The van der Waals surface area contributed by atoms with Gasteiger partial charge in [-0.15, -0.1) is 0 Å². The normalized spacial score (nSPS) is 24.2. The summed E-state index contributed by atoms with van der Waals surface area (Å²) in [5.41, 5.74) is 2.32. The van der Waals surface area contributed by atoms with Crippen LogP contribution in [0.25, 0.3) is 0 Å². The van der Waals surface area contributed by atoms with Crippen LogP contribution in [0, 0.1) is 11.3 Å². The molecular weight excluding hydrogens is 212 g/mol. The lowest BCUT2D eigenvalue weighted by Crippen LogP contribution is -2.27. The van der Waals surface area contributed by atoms with Gasteiger partial charge in [-0.1, -0.05) is 31.6 Å². The smallest absolute Gasteiger partial charge is 0.333 e. The molecule has 1 rings (SSSR count). The molecule has 2 nitrogen and oxygen atoms in total. The largest absolute Gasteiger partial charge is 0.463 e. The minimum Gasteiger partial charge on any atom is -0.463 e. The summed E-state index contributed by atoms with van der Waals surface area (Å²) in [6.45, 7) is 10.8. The number of carbonyl (C=O) groups is 1. The highest BCUT2D eigenvalue weighted by Crippen LogP contribution is 2.42. The highest BCUT2D eigenvalue weighted by molar-refractivity contribution is 5.87. The summed E-state index contributed by atoms with van der Waals surface area (Å²) in [5, 5.41) is 0. The molecule has 0 radical (unpaired) electrons. The molecular formula is C15H24O2. The first-order chi connectivity index (χ1) is 7.88. The molecule has 0 saturated heterocycles. The van der Waals surface area contributed by atoms with E-state index in [0.29, 0.717) is 12.5 Å². The van der Waals surface area contributed by atoms with Crippen molar-refractivity contribution in [2.75, 3.05) is 6.61 Å². The van der Waals surface area contributed by atoms with Crippen LogP contribution in [0.1, 0.15) is 47.5 Å². The average molecular weight is 236 g/mol. The second-order valence-electron chi connectivity index (χ2n) is 5.52. The van der Waals surface area contributed by atoms with Gasteiger partial charge in [0.2, 0.25) is 0 Å². The molecule has 0 aliphatic heterocycles. The van der Waals surface area contributed by atoms with Crippen LogP contribution in [0.5, 0.6) is 0 Å². The third-order valence-electron chi connectivity index (χ3n) is 3.60. The molecule has 0 fully saturated rings. The van der Waals surface area contributed by atoms with Crippen molar-refractivity contribution in [1.82, 2.24) is 0 Å². The Morgan fingerprint density at radius 1 is 1.59 bits per heavy atom. The van der Waals surface area contributed by atoms with Crippen LogP contribution in [0.2, 0.25) is 0 Å². The van der Waals surface area contributed by atoms with Crippen molar-refractivity contribution in [2.24, 2.45) is 11.3 Å². The van der Waals surface area contributed by atoms with Crippen LogP contribution in [0.4, 0.5) is 0 Å². The van der Waals surface area contributed by atoms with Gasteiger partial charge in [0, 0.05) is 11.5 Å². The fourth-order valence-corrected chi connectivity index (χ4v) is 2.49. The van der Waals surface area contributed by atoms with E-state index in [2.05, 4.69) is 32.9 Å². The fourth-order valence-electron chi connectivity index (χ4n) is 2.49. The first-order valence-electron chi connectivity index (χ1n) is 6.40. The third-order valence-corrected chi connectivity index (χ3v) is 3.60. The van der Waals surface area contributed by atoms with Crippen LogP contribution in [0.3, 0.4) is 0 Å². The van der Waals surface area contributed by atoms with Gasteiger partial charge in [0.1, 0.15) is 0 Å². The van der Waals surface area contributed by atoms with Crippen molar-refractivity contribution >= 4 is 5.97 Å². The van der Waals surface area contributed by atoms with Crippen molar-refractivity contribution in [2.45, 2.75) is 47.5 Å². The summed E-state index contributed by atoms with van der Waals surface area (Å²) in [4.78, 5) is 11.6. The molecule has 1 atom stereocenters. The molecule has 0 saturated carbocycles. The van der Waals surface area contributed by atoms with Gasteiger partial charge in [0.25, 0.3) is 0 Å². The van der Waals surface area contributed by atoms with E-state index in [1.165, 1.54) is 12.0 Å². The lowest BCUT2D eigenvalue weighted by Gasteiger charge is -2.37. The molecule has 0 heterocycles. The Morgan fingerprint density at radius 3 is 2.76 bits per heavy atom. The molecule has 1 aliphatic rings. The molecule has 1 aliphatic carbocycles. The molecule has 17 heavy (non-hydrogen) atoms. The Hall–Kier alpha value is -1.05. The predicted octanol–water partition coefficient (Wildman–Crippen LogP) is 3.88. The molecule has 0 amide bonds. The van der Waals surface area contributed by atoms with Crippen molar-refractivity contribution in [3.8, 4) is 0 Å². The van der Waals surface area contributed by atoms with Gasteiger partial charge in [0.15, 0.2) is 0 Å². The van der Waals surface area contributed by atoms with Crippen molar-refractivity contribution in [3.63, 3.8) is 0 Å². The van der Waals surface area contributed by atoms with Gasteiger partial charge in [-0.2, -0.15) is 0 Å². The summed E-state index contributed by atoms with van der Waals surface area (Å²) < 4.78 is 5.02. The van der Waals surface area contributed by atoms with Crippen LogP contribution in [0.15, 0.2) is 23.3 Å². The van der Waals surface area contributed by atoms with Crippen LogP contribution in [-0.4, -0.2) is 12.6 Å². The summed E-state index contributed by atoms with van der Waals surface area (Å²) in [6.07, 6.45) is 6.66. The number of hydrogen-bond acceptors (Lipinski definition) is 2. The zero-order valence-corrected chi connectivity index (χ0v) is 11.7. The van der Waals surface area contributed by atoms with Crippen LogP contribution < -0.4 is 0 Å². The van der Waals surface area contributed by atoms with E-state index in [9.17, 15) is 4.79 Å². The van der Waals surface area contributed by atoms with Gasteiger partial charge < -0.3 is 4.74 Å². The van der Waals surface area contributed by atoms with Crippen LogP contribution in [-0.2, 0) is 9.53 Å². The average Bonchev–Trinajstić information content (AvgIpc) is 2.23. The van der Waals surface area contributed by atoms with E-state index in [-0.39, 0.29) is 11.4 Å². The van der Waals surface area contributed by atoms with Crippen molar-refractivity contribution in [3.05, 3.63) is 23.3 Å². The predicted molar refractivity (Wildman–Crippen MR) is 70.7 cm³/mol. The third kappa shape index (κ3) is 3.45. The molecule has 0 aromatic rings. The fraction of sp³-hybridized carbons (Fsp3) is 0.667. The Kier molecular flexibility index (Phi) is 4.55. The maximum absolute atomic E-state index is 11.6. The molecule has 0 unspecified atom stereocenters. The maximum Gasteiger partial charge on any atom is 0.333 e. The minimum atomic E-state index is -0.193. The number of carbonyl (C=O) groups excluding carboxylic acids is 1. The topological polar surface area (TPSA) is 26.3 Å². The number of allylic oxidation sites excluding steroid dienone is 3. The molecule has 0 aromatic heterocycles. The van der Waals surface area contributed by atoms with E-state index in [1.807, 2.05) is 13.8 Å². The van der Waals surface area contributed by atoms with Gasteiger partial charge in [0.05, 0.1) is 6.61 Å². The van der Waals surface area contributed by atoms with Gasteiger partial charge >= 0.3 is 5.97 Å². The number of ether oxygens (including phenoxy) is 1. The quantitative estimate of drug-likeness (QED) is 0.422. The SMILES string of the molecule is CCOC(=O)/C(C)=C/[C@H]1C(C)=CCCC1(C)C. The van der Waals surface area contributed by atoms with Crippen LogP contribution >= 0.6 is 0 Å². The monoisotopic (exact) mass is 236 g/mol. The summed E-state index contributed by atoms with van der Waals surface area (Å²) in [6, 6.07) is 0. The van der Waals surface area contributed by atoms with E-state index in [1.54, 1.807) is 0 Å². The lowest BCUT2D eigenvalue weighted by molar-refractivity contribution is -0.138. The molecule has 0 spiro atoms. The molecule has 0 N–H and O–H groups in total. The second kappa shape index (κ2) is 5.52. The second-order valence-corrected chi connectivity index (χ2v) is 5.52.